The minimum Gasteiger partial charge on any atom is -0.383 e. The van der Waals surface area contributed by atoms with Crippen molar-refractivity contribution >= 4 is 9.84 Å². The van der Waals surface area contributed by atoms with Crippen LogP contribution in [0.25, 0.3) is 0 Å². The van der Waals surface area contributed by atoms with Gasteiger partial charge >= 0.3 is 0 Å². The first-order valence-electron chi connectivity index (χ1n) is 5.19. The highest BCUT2D eigenvalue weighted by Gasteiger charge is 2.18. The van der Waals surface area contributed by atoms with Crippen LogP contribution in [0.4, 0.5) is 0 Å². The summed E-state index contributed by atoms with van der Waals surface area (Å²) >= 11 is 0. The molecule has 0 aromatic heterocycles. The molecule has 0 amide bonds. The zero-order valence-corrected chi connectivity index (χ0v) is 11.1. The molecule has 0 radical (unpaired) electrons. The Bertz CT molecular complexity index is 262. The second kappa shape index (κ2) is 6.45. The van der Waals surface area contributed by atoms with Crippen molar-refractivity contribution in [3.05, 3.63) is 0 Å². The van der Waals surface area contributed by atoms with E-state index in [9.17, 15) is 8.42 Å². The largest absolute Gasteiger partial charge is 0.383 e. The second-order valence-electron chi connectivity index (χ2n) is 4.47. The van der Waals surface area contributed by atoms with E-state index < -0.39 is 9.84 Å². The van der Waals surface area contributed by atoms with Crippen molar-refractivity contribution in [2.24, 2.45) is 5.92 Å². The number of nitrogens with one attached hydrogen (secondary N) is 1. The first-order valence-corrected chi connectivity index (χ1v) is 7.25. The topological polar surface area (TPSA) is 55.4 Å². The van der Waals surface area contributed by atoms with Crippen molar-refractivity contribution in [1.82, 2.24) is 5.32 Å². The van der Waals surface area contributed by atoms with Gasteiger partial charge < -0.3 is 10.1 Å². The van der Waals surface area contributed by atoms with E-state index in [2.05, 4.69) is 19.2 Å². The van der Waals surface area contributed by atoms with Crippen LogP contribution in [0.3, 0.4) is 0 Å². The van der Waals surface area contributed by atoms with E-state index in [1.54, 1.807) is 7.11 Å². The minimum atomic E-state index is -2.91. The molecule has 0 aromatic rings. The van der Waals surface area contributed by atoms with Crippen LogP contribution in [0.5, 0.6) is 0 Å². The number of sulfone groups is 1. The smallest absolute Gasteiger partial charge is 0.148 e. The summed E-state index contributed by atoms with van der Waals surface area (Å²) in [6.45, 7) is 6.66. The molecule has 15 heavy (non-hydrogen) atoms. The van der Waals surface area contributed by atoms with Crippen LogP contribution < -0.4 is 5.32 Å². The lowest BCUT2D eigenvalue weighted by molar-refractivity contribution is 0.143. The third-order valence-corrected chi connectivity index (χ3v) is 3.31. The third kappa shape index (κ3) is 7.76. The van der Waals surface area contributed by atoms with Crippen LogP contribution in [0.2, 0.25) is 0 Å². The maximum Gasteiger partial charge on any atom is 0.148 e. The van der Waals surface area contributed by atoms with Gasteiger partial charge in [-0.1, -0.05) is 13.8 Å². The molecule has 92 valence electrons. The molecule has 0 bridgehead atoms. The van der Waals surface area contributed by atoms with Crippen LogP contribution in [-0.4, -0.2) is 46.2 Å². The summed E-state index contributed by atoms with van der Waals surface area (Å²) in [7, 11) is -1.26. The van der Waals surface area contributed by atoms with Crippen molar-refractivity contribution < 1.29 is 13.2 Å². The van der Waals surface area contributed by atoms with Gasteiger partial charge in [-0.3, -0.25) is 0 Å². The Balaban J connectivity index is 4.17. The van der Waals surface area contributed by atoms with Gasteiger partial charge in [-0.15, -0.1) is 0 Å². The zero-order chi connectivity index (χ0) is 12.1. The summed E-state index contributed by atoms with van der Waals surface area (Å²) in [6, 6.07) is 0.161. The number of hydrogen-bond donors (Lipinski definition) is 1. The minimum absolute atomic E-state index is 0.0393. The molecule has 0 rings (SSSR count). The molecule has 0 saturated carbocycles. The van der Waals surface area contributed by atoms with Crippen molar-refractivity contribution in [3.8, 4) is 0 Å². The van der Waals surface area contributed by atoms with Crippen molar-refractivity contribution in [1.29, 1.82) is 0 Å². The first kappa shape index (κ1) is 14.9. The fourth-order valence-corrected chi connectivity index (χ4v) is 2.48. The molecule has 5 heteroatoms. The van der Waals surface area contributed by atoms with Gasteiger partial charge in [0.1, 0.15) is 9.84 Å². The van der Waals surface area contributed by atoms with Gasteiger partial charge in [0.2, 0.25) is 0 Å². The zero-order valence-electron chi connectivity index (χ0n) is 10.3. The van der Waals surface area contributed by atoms with E-state index in [0.29, 0.717) is 12.5 Å². The van der Waals surface area contributed by atoms with E-state index in [1.165, 1.54) is 6.26 Å². The lowest BCUT2D eigenvalue weighted by Crippen LogP contribution is -2.45. The molecule has 0 aromatic carbocycles. The maximum absolute atomic E-state index is 11.1. The molecule has 0 aliphatic carbocycles. The molecule has 0 heterocycles. The van der Waals surface area contributed by atoms with Crippen molar-refractivity contribution in [2.75, 3.05) is 25.7 Å². The van der Waals surface area contributed by atoms with E-state index >= 15 is 0 Å². The quantitative estimate of drug-likeness (QED) is 0.707. The Hall–Kier alpha value is -0.130. The van der Waals surface area contributed by atoms with E-state index in [-0.39, 0.29) is 17.8 Å². The lowest BCUT2D eigenvalue weighted by Gasteiger charge is -2.25. The fourth-order valence-electron chi connectivity index (χ4n) is 1.48. The normalized spacial score (nSPS) is 16.7. The molecule has 2 unspecified atom stereocenters. The number of rotatable bonds is 7. The Morgan fingerprint density at radius 3 is 2.13 bits per heavy atom. The Morgan fingerprint density at radius 1 is 1.27 bits per heavy atom. The summed E-state index contributed by atoms with van der Waals surface area (Å²) in [4.78, 5) is 0. The molecule has 2 atom stereocenters. The molecule has 0 aliphatic rings. The van der Waals surface area contributed by atoms with Gasteiger partial charge in [-0.2, -0.15) is 0 Å². The Morgan fingerprint density at radius 2 is 1.80 bits per heavy atom. The van der Waals surface area contributed by atoms with Gasteiger partial charge in [0.05, 0.1) is 12.4 Å². The number of methoxy groups -OCH3 is 1. The molecule has 1 N–H and O–H groups in total. The predicted molar refractivity (Wildman–Crippen MR) is 62.8 cm³/mol. The summed E-state index contributed by atoms with van der Waals surface area (Å²) in [6.07, 6.45) is 1.26. The second-order valence-corrected chi connectivity index (χ2v) is 6.65. The third-order valence-electron chi connectivity index (χ3n) is 2.20. The molecule has 0 fully saturated rings. The highest BCUT2D eigenvalue weighted by molar-refractivity contribution is 7.90. The van der Waals surface area contributed by atoms with Crippen molar-refractivity contribution in [3.63, 3.8) is 0 Å². The average molecular weight is 237 g/mol. The van der Waals surface area contributed by atoms with Gasteiger partial charge in [0.25, 0.3) is 0 Å². The lowest BCUT2D eigenvalue weighted by atomic mass is 10.0. The van der Waals surface area contributed by atoms with Crippen molar-refractivity contribution in [2.45, 2.75) is 32.9 Å². The first-order chi connectivity index (χ1) is 6.76. The maximum atomic E-state index is 11.1. The van der Waals surface area contributed by atoms with Gasteiger partial charge in [-0.05, 0) is 12.8 Å². The predicted octanol–water partition coefficient (Wildman–Crippen LogP) is 0.680. The summed E-state index contributed by atoms with van der Waals surface area (Å²) in [5.41, 5.74) is 0. The molecular formula is C10H23NO3S. The van der Waals surface area contributed by atoms with Gasteiger partial charge in [0, 0.05) is 25.4 Å². The Kier molecular flexibility index (Phi) is 6.40. The average Bonchev–Trinajstić information content (AvgIpc) is 1.99. The highest BCUT2D eigenvalue weighted by atomic mass is 32.2. The highest BCUT2D eigenvalue weighted by Crippen LogP contribution is 2.04. The summed E-state index contributed by atoms with van der Waals surface area (Å²) in [5.74, 6) is 0.590. The van der Waals surface area contributed by atoms with E-state index in [0.717, 1.165) is 0 Å². The van der Waals surface area contributed by atoms with Crippen LogP contribution in [0.1, 0.15) is 20.8 Å². The fraction of sp³-hybridized carbons (Fsp3) is 1.00. The van der Waals surface area contributed by atoms with Gasteiger partial charge in [-0.25, -0.2) is 8.42 Å². The van der Waals surface area contributed by atoms with Crippen LogP contribution in [-0.2, 0) is 14.6 Å². The molecular weight excluding hydrogens is 214 g/mol. The molecule has 0 aliphatic heterocycles. The number of ether oxygens (including phenoxy) is 1. The SMILES string of the molecule is COCC(NC(C)CS(C)(=O)=O)C(C)C. The Labute approximate surface area is 93.3 Å². The van der Waals surface area contributed by atoms with Crippen LogP contribution in [0, 0.1) is 5.92 Å². The molecule has 0 saturated heterocycles. The van der Waals surface area contributed by atoms with E-state index in [1.807, 2.05) is 6.92 Å². The monoisotopic (exact) mass is 237 g/mol. The molecule has 4 nitrogen and oxygen atoms in total. The molecule has 0 spiro atoms. The summed E-state index contributed by atoms with van der Waals surface area (Å²) < 4.78 is 27.2. The summed E-state index contributed by atoms with van der Waals surface area (Å²) in [5, 5.41) is 3.27. The number of hydrogen-bond acceptors (Lipinski definition) is 4. The van der Waals surface area contributed by atoms with E-state index in [4.69, 9.17) is 4.74 Å². The standard InChI is InChI=1S/C10H23NO3S/c1-8(2)10(6-14-4)11-9(3)7-15(5,12)13/h8-11H,6-7H2,1-5H3. The van der Waals surface area contributed by atoms with Crippen LogP contribution in [0.15, 0.2) is 0 Å². The van der Waals surface area contributed by atoms with Crippen LogP contribution >= 0.6 is 0 Å². The van der Waals surface area contributed by atoms with Gasteiger partial charge in [0.15, 0.2) is 0 Å².